The number of rotatable bonds is 4. The van der Waals surface area contributed by atoms with Gasteiger partial charge in [-0.2, -0.15) is 0 Å². The standard InChI is InChI=1S/C13H12Cl3N3/c14-9-6-11(16)13(18-7-9)12(19-17)5-8-3-1-2-4-10(8)15/h1-4,6-7,12,19H,5,17H2. The Morgan fingerprint density at radius 1 is 1.16 bits per heavy atom. The zero-order valence-electron chi connectivity index (χ0n) is 9.91. The Kier molecular flexibility index (Phi) is 5.02. The molecular weight excluding hydrogens is 305 g/mol. The highest BCUT2D eigenvalue weighted by molar-refractivity contribution is 6.34. The molecule has 0 spiro atoms. The van der Waals surface area contributed by atoms with Crippen molar-refractivity contribution in [1.82, 2.24) is 10.4 Å². The Hall–Kier alpha value is -0.840. The molecule has 6 heteroatoms. The van der Waals surface area contributed by atoms with Gasteiger partial charge in [-0.25, -0.2) is 0 Å². The number of pyridine rings is 1. The van der Waals surface area contributed by atoms with Gasteiger partial charge in [0.15, 0.2) is 0 Å². The van der Waals surface area contributed by atoms with Crippen LogP contribution in [-0.4, -0.2) is 4.98 Å². The van der Waals surface area contributed by atoms with Crippen molar-refractivity contribution in [1.29, 1.82) is 0 Å². The molecule has 0 saturated carbocycles. The van der Waals surface area contributed by atoms with E-state index in [4.69, 9.17) is 40.6 Å². The SMILES string of the molecule is NNC(Cc1ccccc1Cl)c1ncc(Cl)cc1Cl. The van der Waals surface area contributed by atoms with Gasteiger partial charge in [-0.15, -0.1) is 0 Å². The van der Waals surface area contributed by atoms with E-state index < -0.39 is 0 Å². The zero-order valence-corrected chi connectivity index (χ0v) is 12.2. The summed E-state index contributed by atoms with van der Waals surface area (Å²) in [6.07, 6.45) is 2.13. The highest BCUT2D eigenvalue weighted by Crippen LogP contribution is 2.27. The third kappa shape index (κ3) is 3.59. The summed E-state index contributed by atoms with van der Waals surface area (Å²) in [5.41, 5.74) is 4.32. The van der Waals surface area contributed by atoms with Crippen LogP contribution >= 0.6 is 34.8 Å². The molecule has 1 aromatic carbocycles. The van der Waals surface area contributed by atoms with Crippen LogP contribution in [0.15, 0.2) is 36.5 Å². The fourth-order valence-electron chi connectivity index (χ4n) is 1.80. The lowest BCUT2D eigenvalue weighted by molar-refractivity contribution is 0.538. The second kappa shape index (κ2) is 6.55. The minimum atomic E-state index is -0.232. The first kappa shape index (κ1) is 14.6. The van der Waals surface area contributed by atoms with Gasteiger partial charge in [0.25, 0.3) is 0 Å². The van der Waals surface area contributed by atoms with Gasteiger partial charge < -0.3 is 0 Å². The van der Waals surface area contributed by atoms with Crippen LogP contribution < -0.4 is 11.3 Å². The summed E-state index contributed by atoms with van der Waals surface area (Å²) in [4.78, 5) is 4.23. The highest BCUT2D eigenvalue weighted by Gasteiger charge is 2.17. The summed E-state index contributed by atoms with van der Waals surface area (Å²) >= 11 is 18.1. The van der Waals surface area contributed by atoms with E-state index in [9.17, 15) is 0 Å². The predicted molar refractivity (Wildman–Crippen MR) is 79.5 cm³/mol. The lowest BCUT2D eigenvalue weighted by atomic mass is 10.0. The molecule has 2 aromatic rings. The van der Waals surface area contributed by atoms with Crippen LogP contribution in [0.1, 0.15) is 17.3 Å². The third-order valence-electron chi connectivity index (χ3n) is 2.75. The summed E-state index contributed by atoms with van der Waals surface area (Å²) in [5, 5.41) is 1.65. The molecule has 3 N–H and O–H groups in total. The summed E-state index contributed by atoms with van der Waals surface area (Å²) in [7, 11) is 0. The minimum Gasteiger partial charge on any atom is -0.271 e. The normalized spacial score (nSPS) is 12.4. The van der Waals surface area contributed by atoms with Crippen LogP contribution in [0.5, 0.6) is 0 Å². The van der Waals surface area contributed by atoms with E-state index in [2.05, 4.69) is 10.4 Å². The molecule has 2 rings (SSSR count). The van der Waals surface area contributed by atoms with E-state index in [-0.39, 0.29) is 6.04 Å². The fraction of sp³-hybridized carbons (Fsp3) is 0.154. The number of benzene rings is 1. The Bertz CT molecular complexity index is 575. The molecule has 0 aliphatic rings. The van der Waals surface area contributed by atoms with Gasteiger partial charge in [-0.1, -0.05) is 53.0 Å². The predicted octanol–water partition coefficient (Wildman–Crippen LogP) is 3.79. The van der Waals surface area contributed by atoms with Crippen molar-refractivity contribution in [3.8, 4) is 0 Å². The van der Waals surface area contributed by atoms with Crippen LogP contribution in [0.3, 0.4) is 0 Å². The molecule has 0 aliphatic heterocycles. The van der Waals surface area contributed by atoms with E-state index in [0.717, 1.165) is 5.56 Å². The topological polar surface area (TPSA) is 50.9 Å². The van der Waals surface area contributed by atoms with Crippen molar-refractivity contribution in [2.45, 2.75) is 12.5 Å². The lowest BCUT2D eigenvalue weighted by Crippen LogP contribution is -2.30. The van der Waals surface area contributed by atoms with E-state index in [1.165, 1.54) is 0 Å². The molecule has 19 heavy (non-hydrogen) atoms. The summed E-state index contributed by atoms with van der Waals surface area (Å²) < 4.78 is 0. The van der Waals surface area contributed by atoms with E-state index >= 15 is 0 Å². The molecule has 0 bridgehead atoms. The number of hydrazine groups is 1. The average molecular weight is 317 g/mol. The smallest absolute Gasteiger partial charge is 0.0777 e. The molecule has 0 saturated heterocycles. The van der Waals surface area contributed by atoms with Gasteiger partial charge in [-0.05, 0) is 24.1 Å². The molecule has 0 fully saturated rings. The average Bonchev–Trinajstić information content (AvgIpc) is 2.39. The molecule has 100 valence electrons. The van der Waals surface area contributed by atoms with Gasteiger partial charge in [0, 0.05) is 11.2 Å². The number of nitrogens with two attached hydrogens (primary N) is 1. The number of hydrogen-bond donors (Lipinski definition) is 2. The Labute approximate surface area is 126 Å². The van der Waals surface area contributed by atoms with Crippen molar-refractivity contribution in [2.24, 2.45) is 5.84 Å². The van der Waals surface area contributed by atoms with Crippen molar-refractivity contribution >= 4 is 34.8 Å². The minimum absolute atomic E-state index is 0.232. The molecule has 1 atom stereocenters. The Morgan fingerprint density at radius 3 is 2.53 bits per heavy atom. The van der Waals surface area contributed by atoms with Gasteiger partial charge in [0.2, 0.25) is 0 Å². The summed E-state index contributed by atoms with van der Waals surface area (Å²) in [6, 6.07) is 8.99. The third-order valence-corrected chi connectivity index (χ3v) is 3.63. The highest BCUT2D eigenvalue weighted by atomic mass is 35.5. The van der Waals surface area contributed by atoms with Crippen molar-refractivity contribution in [3.63, 3.8) is 0 Å². The second-order valence-corrected chi connectivity index (χ2v) is 5.29. The Balaban J connectivity index is 2.28. The maximum atomic E-state index is 6.13. The van der Waals surface area contributed by atoms with Gasteiger partial charge >= 0.3 is 0 Å². The maximum Gasteiger partial charge on any atom is 0.0777 e. The maximum absolute atomic E-state index is 6.13. The summed E-state index contributed by atoms with van der Waals surface area (Å²) in [6.45, 7) is 0. The first-order valence-corrected chi connectivity index (χ1v) is 6.75. The van der Waals surface area contributed by atoms with E-state index in [1.807, 2.05) is 24.3 Å². The molecule has 1 heterocycles. The Morgan fingerprint density at radius 2 is 1.89 bits per heavy atom. The molecule has 1 unspecified atom stereocenters. The van der Waals surface area contributed by atoms with Crippen LogP contribution in [0, 0.1) is 0 Å². The summed E-state index contributed by atoms with van der Waals surface area (Å²) in [5.74, 6) is 5.58. The van der Waals surface area contributed by atoms with Gasteiger partial charge in [-0.3, -0.25) is 16.3 Å². The van der Waals surface area contributed by atoms with Crippen LogP contribution in [0.2, 0.25) is 15.1 Å². The van der Waals surface area contributed by atoms with Crippen LogP contribution in [0.25, 0.3) is 0 Å². The largest absolute Gasteiger partial charge is 0.271 e. The molecule has 0 amide bonds. The van der Waals surface area contributed by atoms with E-state index in [0.29, 0.717) is 27.2 Å². The van der Waals surface area contributed by atoms with Crippen molar-refractivity contribution in [2.75, 3.05) is 0 Å². The molecule has 1 aromatic heterocycles. The van der Waals surface area contributed by atoms with Crippen LogP contribution in [-0.2, 0) is 6.42 Å². The quantitative estimate of drug-likeness (QED) is 0.666. The number of halogens is 3. The number of nitrogens with one attached hydrogen (secondary N) is 1. The number of aromatic nitrogens is 1. The van der Waals surface area contributed by atoms with Gasteiger partial charge in [0.05, 0.1) is 21.8 Å². The monoisotopic (exact) mass is 315 g/mol. The molecule has 0 aliphatic carbocycles. The zero-order chi connectivity index (χ0) is 13.8. The van der Waals surface area contributed by atoms with Crippen molar-refractivity contribution in [3.05, 3.63) is 62.9 Å². The lowest BCUT2D eigenvalue weighted by Gasteiger charge is -2.17. The van der Waals surface area contributed by atoms with Gasteiger partial charge in [0.1, 0.15) is 0 Å². The molecule has 3 nitrogen and oxygen atoms in total. The fourth-order valence-corrected chi connectivity index (χ4v) is 2.52. The first-order chi connectivity index (χ1) is 9.11. The second-order valence-electron chi connectivity index (χ2n) is 4.04. The first-order valence-electron chi connectivity index (χ1n) is 5.62. The van der Waals surface area contributed by atoms with Crippen LogP contribution in [0.4, 0.5) is 0 Å². The van der Waals surface area contributed by atoms with Crippen molar-refractivity contribution < 1.29 is 0 Å². The number of hydrogen-bond acceptors (Lipinski definition) is 3. The number of nitrogens with zero attached hydrogens (tertiary/aromatic N) is 1. The molecular formula is C13H12Cl3N3. The molecule has 0 radical (unpaired) electrons. The van der Waals surface area contributed by atoms with E-state index in [1.54, 1.807) is 12.3 Å².